The molecule has 3 aromatic rings. The number of pyridine rings is 1. The van der Waals surface area contributed by atoms with Crippen LogP contribution in [-0.4, -0.2) is 41.3 Å². The van der Waals surface area contributed by atoms with Gasteiger partial charge in [0, 0.05) is 42.3 Å². The lowest BCUT2D eigenvalue weighted by Crippen LogP contribution is -2.37. The van der Waals surface area contributed by atoms with Gasteiger partial charge in [0.1, 0.15) is 0 Å². The van der Waals surface area contributed by atoms with E-state index in [1.165, 1.54) is 4.88 Å². The Morgan fingerprint density at radius 1 is 1.23 bits per heavy atom. The molecule has 5 nitrogen and oxygen atoms in total. The summed E-state index contributed by atoms with van der Waals surface area (Å²) >= 11 is 1.64. The quantitative estimate of drug-likeness (QED) is 0.634. The SMILES string of the molecule is CCCc1cc(C(=O)N2CCNC(=O)[C@@H](Cc3ccccc3-c3ccncc3)C2)cs1. The minimum Gasteiger partial charge on any atom is -0.354 e. The fraction of sp³-hybridized carbons (Fsp3) is 0.320. The van der Waals surface area contributed by atoms with Gasteiger partial charge in [-0.15, -0.1) is 11.3 Å². The van der Waals surface area contributed by atoms with Crippen LogP contribution in [0.25, 0.3) is 11.1 Å². The highest BCUT2D eigenvalue weighted by atomic mass is 32.1. The van der Waals surface area contributed by atoms with Gasteiger partial charge in [0.05, 0.1) is 11.5 Å². The summed E-state index contributed by atoms with van der Waals surface area (Å²) in [6, 6.07) is 14.1. The second kappa shape index (κ2) is 9.88. The number of aromatic nitrogens is 1. The molecular formula is C25H27N3O2S. The molecule has 1 atom stereocenters. The number of nitrogens with one attached hydrogen (secondary N) is 1. The van der Waals surface area contributed by atoms with Crippen molar-refractivity contribution in [2.45, 2.75) is 26.2 Å². The highest BCUT2D eigenvalue weighted by Crippen LogP contribution is 2.26. The van der Waals surface area contributed by atoms with Crippen molar-refractivity contribution in [3.8, 4) is 11.1 Å². The Hall–Kier alpha value is -2.99. The van der Waals surface area contributed by atoms with Gasteiger partial charge in [0.25, 0.3) is 5.91 Å². The molecule has 0 unspecified atom stereocenters. The zero-order valence-electron chi connectivity index (χ0n) is 17.7. The first kappa shape index (κ1) is 21.2. The van der Waals surface area contributed by atoms with E-state index >= 15 is 0 Å². The number of hydrogen-bond acceptors (Lipinski definition) is 4. The summed E-state index contributed by atoms with van der Waals surface area (Å²) in [4.78, 5) is 33.1. The molecule has 1 aliphatic rings. The number of nitrogens with zero attached hydrogens (tertiary/aromatic N) is 2. The summed E-state index contributed by atoms with van der Waals surface area (Å²) in [5.41, 5.74) is 4.01. The van der Waals surface area contributed by atoms with Gasteiger partial charge in [-0.3, -0.25) is 14.6 Å². The summed E-state index contributed by atoms with van der Waals surface area (Å²) < 4.78 is 0. The van der Waals surface area contributed by atoms with E-state index in [4.69, 9.17) is 0 Å². The van der Waals surface area contributed by atoms with E-state index in [1.807, 2.05) is 40.6 Å². The first-order valence-electron chi connectivity index (χ1n) is 10.8. The van der Waals surface area contributed by atoms with E-state index in [1.54, 1.807) is 23.7 Å². The molecule has 160 valence electrons. The third kappa shape index (κ3) is 5.02. The molecule has 2 amide bonds. The smallest absolute Gasteiger partial charge is 0.254 e. The molecule has 0 spiro atoms. The molecule has 0 aliphatic carbocycles. The standard InChI is InChI=1S/C25H27N3O2S/c1-2-5-22-15-21(17-31-22)25(30)28-13-12-27-24(29)20(16-28)14-19-6-3-4-7-23(19)18-8-10-26-11-9-18/h3-4,6-11,15,17,20H,2,5,12-14,16H2,1H3,(H,27,29)/t20-/m0/s1. The Bertz CT molecular complexity index is 1050. The number of hydrogen-bond donors (Lipinski definition) is 1. The van der Waals surface area contributed by atoms with Crippen LogP contribution in [0.15, 0.2) is 60.2 Å². The third-order valence-corrected chi connectivity index (χ3v) is 6.65. The average molecular weight is 434 g/mol. The second-order valence-corrected chi connectivity index (χ2v) is 8.88. The van der Waals surface area contributed by atoms with Crippen molar-refractivity contribution in [1.29, 1.82) is 0 Å². The molecule has 1 aliphatic heterocycles. The average Bonchev–Trinajstić information content (AvgIpc) is 3.19. The lowest BCUT2D eigenvalue weighted by atomic mass is 9.92. The fourth-order valence-corrected chi connectivity index (χ4v) is 5.03. The highest BCUT2D eigenvalue weighted by molar-refractivity contribution is 7.10. The van der Waals surface area contributed by atoms with Crippen molar-refractivity contribution in [2.75, 3.05) is 19.6 Å². The van der Waals surface area contributed by atoms with E-state index < -0.39 is 0 Å². The van der Waals surface area contributed by atoms with Crippen LogP contribution in [0, 0.1) is 5.92 Å². The molecule has 0 bridgehead atoms. The number of aryl methyl sites for hydroxylation is 1. The van der Waals surface area contributed by atoms with Gasteiger partial charge < -0.3 is 10.2 Å². The van der Waals surface area contributed by atoms with Gasteiger partial charge >= 0.3 is 0 Å². The van der Waals surface area contributed by atoms with Gasteiger partial charge in [-0.1, -0.05) is 37.6 Å². The van der Waals surface area contributed by atoms with Crippen LogP contribution in [0.2, 0.25) is 0 Å². The molecule has 4 rings (SSSR count). The Morgan fingerprint density at radius 2 is 2.03 bits per heavy atom. The summed E-state index contributed by atoms with van der Waals surface area (Å²) in [6.07, 6.45) is 6.19. The molecule has 0 radical (unpaired) electrons. The third-order valence-electron chi connectivity index (χ3n) is 5.65. The monoisotopic (exact) mass is 433 g/mol. The Labute approximate surface area is 187 Å². The fourth-order valence-electron chi connectivity index (χ4n) is 4.07. The van der Waals surface area contributed by atoms with Crippen molar-refractivity contribution in [3.63, 3.8) is 0 Å². The maximum atomic E-state index is 13.1. The Kier molecular flexibility index (Phi) is 6.77. The van der Waals surface area contributed by atoms with Crippen LogP contribution in [0.4, 0.5) is 0 Å². The van der Waals surface area contributed by atoms with Crippen molar-refractivity contribution in [2.24, 2.45) is 5.92 Å². The van der Waals surface area contributed by atoms with E-state index in [0.29, 0.717) is 26.1 Å². The normalized spacial score (nSPS) is 16.6. The predicted octanol–water partition coefficient (Wildman–Crippen LogP) is 4.19. The Balaban J connectivity index is 1.54. The molecule has 0 saturated carbocycles. The largest absolute Gasteiger partial charge is 0.354 e. The van der Waals surface area contributed by atoms with E-state index in [-0.39, 0.29) is 17.7 Å². The first-order chi connectivity index (χ1) is 15.2. The molecule has 1 aromatic carbocycles. The van der Waals surface area contributed by atoms with E-state index in [0.717, 1.165) is 35.1 Å². The summed E-state index contributed by atoms with van der Waals surface area (Å²) in [5.74, 6) is -0.262. The molecule has 31 heavy (non-hydrogen) atoms. The van der Waals surface area contributed by atoms with Crippen LogP contribution in [0.3, 0.4) is 0 Å². The predicted molar refractivity (Wildman–Crippen MR) is 124 cm³/mol. The molecule has 1 fully saturated rings. The van der Waals surface area contributed by atoms with Crippen molar-refractivity contribution in [1.82, 2.24) is 15.2 Å². The van der Waals surface area contributed by atoms with E-state index in [2.05, 4.69) is 29.4 Å². The molecule has 3 heterocycles. The van der Waals surface area contributed by atoms with Gasteiger partial charge in [-0.05, 0) is 47.7 Å². The minimum absolute atomic E-state index is 0.0109. The van der Waals surface area contributed by atoms with E-state index in [9.17, 15) is 9.59 Å². The van der Waals surface area contributed by atoms with Gasteiger partial charge in [-0.2, -0.15) is 0 Å². The number of carbonyl (C=O) groups excluding carboxylic acids is 2. The van der Waals surface area contributed by atoms with Crippen LogP contribution in [0.1, 0.15) is 34.1 Å². The Morgan fingerprint density at radius 3 is 2.84 bits per heavy atom. The maximum absolute atomic E-state index is 13.1. The minimum atomic E-state index is -0.289. The van der Waals surface area contributed by atoms with Gasteiger partial charge in [0.2, 0.25) is 5.91 Å². The van der Waals surface area contributed by atoms with Crippen molar-refractivity contribution in [3.05, 3.63) is 76.2 Å². The number of carbonyl (C=O) groups is 2. The first-order valence-corrected chi connectivity index (χ1v) is 11.7. The molecule has 6 heteroatoms. The number of benzene rings is 1. The lowest BCUT2D eigenvalue weighted by Gasteiger charge is -2.23. The highest BCUT2D eigenvalue weighted by Gasteiger charge is 2.29. The van der Waals surface area contributed by atoms with Crippen molar-refractivity contribution < 1.29 is 9.59 Å². The zero-order valence-corrected chi connectivity index (χ0v) is 18.5. The summed E-state index contributed by atoms with van der Waals surface area (Å²) in [7, 11) is 0. The van der Waals surface area contributed by atoms with Crippen molar-refractivity contribution >= 4 is 23.2 Å². The number of thiophene rings is 1. The zero-order chi connectivity index (χ0) is 21.6. The maximum Gasteiger partial charge on any atom is 0.254 e. The van der Waals surface area contributed by atoms with Gasteiger partial charge in [0.15, 0.2) is 0 Å². The van der Waals surface area contributed by atoms with Crippen LogP contribution in [-0.2, 0) is 17.6 Å². The van der Waals surface area contributed by atoms with Crippen LogP contribution >= 0.6 is 11.3 Å². The van der Waals surface area contributed by atoms with Crippen LogP contribution < -0.4 is 5.32 Å². The number of rotatable bonds is 6. The summed E-state index contributed by atoms with van der Waals surface area (Å²) in [5, 5.41) is 4.94. The van der Waals surface area contributed by atoms with Gasteiger partial charge in [-0.25, -0.2) is 0 Å². The number of amides is 2. The topological polar surface area (TPSA) is 62.3 Å². The van der Waals surface area contributed by atoms with Crippen LogP contribution in [0.5, 0.6) is 0 Å². The molecular weight excluding hydrogens is 406 g/mol. The lowest BCUT2D eigenvalue weighted by molar-refractivity contribution is -0.124. The molecule has 1 N–H and O–H groups in total. The molecule has 1 saturated heterocycles. The second-order valence-electron chi connectivity index (χ2n) is 7.89. The summed E-state index contributed by atoms with van der Waals surface area (Å²) in [6.45, 7) is 3.58. The molecule has 2 aromatic heterocycles.